The molecule has 0 unspecified atom stereocenters. The minimum absolute atomic E-state index is 0.524. The average Bonchev–Trinajstić information content (AvgIpc) is 2.88. The molecule has 100 valence electrons. The van der Waals surface area contributed by atoms with Crippen molar-refractivity contribution < 1.29 is 0 Å². The number of hydrogen-bond donors (Lipinski definition) is 1. The van der Waals surface area contributed by atoms with Gasteiger partial charge >= 0.3 is 0 Å². The molecule has 0 bridgehead atoms. The van der Waals surface area contributed by atoms with E-state index in [9.17, 15) is 0 Å². The summed E-state index contributed by atoms with van der Waals surface area (Å²) in [4.78, 5) is 7.11. The highest BCUT2D eigenvalue weighted by atomic mass is 32.1. The number of anilines is 2. The Morgan fingerprint density at radius 1 is 1.37 bits per heavy atom. The monoisotopic (exact) mass is 274 g/mol. The maximum Gasteiger partial charge on any atom is 0.210 e. The zero-order valence-corrected chi connectivity index (χ0v) is 11.8. The van der Waals surface area contributed by atoms with Gasteiger partial charge in [-0.1, -0.05) is 30.4 Å². The van der Waals surface area contributed by atoms with Crippen molar-refractivity contribution in [3.63, 3.8) is 0 Å². The number of hydrogen-bond acceptors (Lipinski definition) is 3. The van der Waals surface area contributed by atoms with Crippen LogP contribution in [-0.2, 0) is 6.54 Å². The van der Waals surface area contributed by atoms with Crippen molar-refractivity contribution in [1.82, 2.24) is 9.55 Å². The third kappa shape index (κ3) is 3.32. The Morgan fingerprint density at radius 2 is 2.11 bits per heavy atom. The first-order valence-corrected chi connectivity index (χ1v) is 6.75. The molecule has 0 aliphatic heterocycles. The Morgan fingerprint density at radius 3 is 2.74 bits per heavy atom. The van der Waals surface area contributed by atoms with Crippen LogP contribution in [0.25, 0.3) is 0 Å². The molecule has 2 N–H and O–H groups in total. The molecule has 1 aromatic heterocycles. The molecule has 0 aliphatic carbocycles. The van der Waals surface area contributed by atoms with Crippen molar-refractivity contribution in [2.75, 3.05) is 11.4 Å². The largest absolute Gasteiger partial charge is 0.393 e. The van der Waals surface area contributed by atoms with Gasteiger partial charge in [-0.15, -0.1) is 0 Å². The highest BCUT2D eigenvalue weighted by Crippen LogP contribution is 2.23. The number of nitrogens with two attached hydrogens (primary N) is 1. The van der Waals surface area contributed by atoms with Gasteiger partial charge in [0.05, 0.1) is 4.99 Å². The summed E-state index contributed by atoms with van der Waals surface area (Å²) in [6.45, 7) is 3.71. The molecular weight excluding hydrogens is 256 g/mol. The molecule has 0 atom stereocenters. The summed E-state index contributed by atoms with van der Waals surface area (Å²) in [6, 6.07) is 10.2. The number of para-hydroxylation sites is 1. The molecule has 19 heavy (non-hydrogen) atoms. The molecule has 0 saturated carbocycles. The van der Waals surface area contributed by atoms with Crippen molar-refractivity contribution in [2.45, 2.75) is 19.9 Å². The standard InChI is InChI=1S/C14H18N4S/c1-2-17-11-9-16-14(17)18(10-8-13(15)19)12-6-4-3-5-7-12/h3-7,9,11H,2,8,10H2,1H3,(H2,15,19). The van der Waals surface area contributed by atoms with Gasteiger partial charge in [0.25, 0.3) is 0 Å². The van der Waals surface area contributed by atoms with Gasteiger partial charge in [-0.2, -0.15) is 0 Å². The number of nitrogens with zero attached hydrogens (tertiary/aromatic N) is 3. The third-order valence-electron chi connectivity index (χ3n) is 2.93. The predicted molar refractivity (Wildman–Crippen MR) is 82.8 cm³/mol. The summed E-state index contributed by atoms with van der Waals surface area (Å²) in [5, 5.41) is 0. The normalized spacial score (nSPS) is 10.4. The Balaban J connectivity index is 2.31. The van der Waals surface area contributed by atoms with Crippen LogP contribution in [-0.4, -0.2) is 21.1 Å². The lowest BCUT2D eigenvalue weighted by atomic mass is 10.2. The van der Waals surface area contributed by atoms with E-state index in [1.54, 1.807) is 0 Å². The summed E-state index contributed by atoms with van der Waals surface area (Å²) >= 11 is 4.98. The minimum atomic E-state index is 0.524. The van der Waals surface area contributed by atoms with Gasteiger partial charge in [-0.3, -0.25) is 0 Å². The van der Waals surface area contributed by atoms with Crippen molar-refractivity contribution in [3.8, 4) is 0 Å². The van der Waals surface area contributed by atoms with Crippen LogP contribution in [0.4, 0.5) is 11.6 Å². The van der Waals surface area contributed by atoms with Gasteiger partial charge in [0, 0.05) is 37.6 Å². The topological polar surface area (TPSA) is 47.1 Å². The van der Waals surface area contributed by atoms with Gasteiger partial charge in [-0.25, -0.2) is 4.98 Å². The summed E-state index contributed by atoms with van der Waals surface area (Å²) < 4.78 is 2.10. The number of imidazole rings is 1. The first-order chi connectivity index (χ1) is 9.22. The van der Waals surface area contributed by atoms with Crippen LogP contribution in [0, 0.1) is 0 Å². The van der Waals surface area contributed by atoms with E-state index in [0.717, 1.165) is 24.7 Å². The van der Waals surface area contributed by atoms with Crippen LogP contribution in [0.5, 0.6) is 0 Å². The van der Waals surface area contributed by atoms with E-state index in [-0.39, 0.29) is 0 Å². The van der Waals surface area contributed by atoms with E-state index in [4.69, 9.17) is 18.0 Å². The van der Waals surface area contributed by atoms with Crippen molar-refractivity contribution in [1.29, 1.82) is 0 Å². The lowest BCUT2D eigenvalue weighted by Crippen LogP contribution is -2.25. The van der Waals surface area contributed by atoms with Crippen molar-refractivity contribution in [3.05, 3.63) is 42.7 Å². The van der Waals surface area contributed by atoms with Crippen LogP contribution in [0.15, 0.2) is 42.7 Å². The fourth-order valence-electron chi connectivity index (χ4n) is 1.97. The minimum Gasteiger partial charge on any atom is -0.393 e. The fourth-order valence-corrected chi connectivity index (χ4v) is 2.06. The molecular formula is C14H18N4S. The summed E-state index contributed by atoms with van der Waals surface area (Å²) in [5.41, 5.74) is 6.72. The summed E-state index contributed by atoms with van der Waals surface area (Å²) in [6.07, 6.45) is 4.46. The number of benzene rings is 1. The van der Waals surface area contributed by atoms with Crippen molar-refractivity contribution >= 4 is 28.8 Å². The van der Waals surface area contributed by atoms with Gasteiger partial charge in [0.15, 0.2) is 0 Å². The lowest BCUT2D eigenvalue weighted by Gasteiger charge is -2.24. The fraction of sp³-hybridized carbons (Fsp3) is 0.286. The van der Waals surface area contributed by atoms with E-state index >= 15 is 0 Å². The lowest BCUT2D eigenvalue weighted by molar-refractivity contribution is 0.739. The zero-order valence-electron chi connectivity index (χ0n) is 11.0. The van der Waals surface area contributed by atoms with Gasteiger partial charge < -0.3 is 15.2 Å². The van der Waals surface area contributed by atoms with E-state index in [0.29, 0.717) is 11.4 Å². The Labute approximate surface area is 118 Å². The Hall–Kier alpha value is -1.88. The van der Waals surface area contributed by atoms with Crippen LogP contribution < -0.4 is 10.6 Å². The maximum atomic E-state index is 5.62. The van der Waals surface area contributed by atoms with E-state index < -0.39 is 0 Å². The van der Waals surface area contributed by atoms with E-state index in [1.165, 1.54) is 0 Å². The molecule has 5 heteroatoms. The average molecular weight is 274 g/mol. The SMILES string of the molecule is CCn1ccnc1N(CCC(N)=S)c1ccccc1. The second kappa shape index (κ2) is 6.33. The molecule has 0 amide bonds. The Kier molecular flexibility index (Phi) is 4.52. The third-order valence-corrected chi connectivity index (χ3v) is 3.13. The first-order valence-electron chi connectivity index (χ1n) is 6.34. The Bertz CT molecular complexity index is 535. The molecule has 4 nitrogen and oxygen atoms in total. The molecule has 2 aromatic rings. The number of aryl methyl sites for hydroxylation is 1. The maximum absolute atomic E-state index is 5.62. The number of aromatic nitrogens is 2. The van der Waals surface area contributed by atoms with Crippen LogP contribution in [0.3, 0.4) is 0 Å². The van der Waals surface area contributed by atoms with Crippen LogP contribution >= 0.6 is 12.2 Å². The zero-order chi connectivity index (χ0) is 13.7. The summed E-state index contributed by atoms with van der Waals surface area (Å²) in [5.74, 6) is 0.921. The molecule has 0 fully saturated rings. The summed E-state index contributed by atoms with van der Waals surface area (Å²) in [7, 11) is 0. The predicted octanol–water partition coefficient (Wildman–Crippen LogP) is 2.72. The van der Waals surface area contributed by atoms with Crippen LogP contribution in [0.2, 0.25) is 0 Å². The molecule has 1 aromatic carbocycles. The second-order valence-electron chi connectivity index (χ2n) is 4.22. The molecule has 2 rings (SSSR count). The number of rotatable bonds is 6. The highest BCUT2D eigenvalue weighted by molar-refractivity contribution is 7.80. The van der Waals surface area contributed by atoms with Gasteiger partial charge in [0.1, 0.15) is 0 Å². The molecule has 0 radical (unpaired) electrons. The van der Waals surface area contributed by atoms with E-state index in [2.05, 4.69) is 33.5 Å². The van der Waals surface area contributed by atoms with Crippen molar-refractivity contribution in [2.24, 2.45) is 5.73 Å². The van der Waals surface area contributed by atoms with Gasteiger partial charge in [0.2, 0.25) is 5.95 Å². The number of thiocarbonyl (C=S) groups is 1. The molecule has 1 heterocycles. The van der Waals surface area contributed by atoms with Gasteiger partial charge in [-0.05, 0) is 19.1 Å². The van der Waals surface area contributed by atoms with E-state index in [1.807, 2.05) is 30.6 Å². The smallest absolute Gasteiger partial charge is 0.210 e. The molecule has 0 aliphatic rings. The molecule has 0 saturated heterocycles. The molecule has 0 spiro atoms. The second-order valence-corrected chi connectivity index (χ2v) is 4.74. The van der Waals surface area contributed by atoms with Crippen LogP contribution in [0.1, 0.15) is 13.3 Å². The quantitative estimate of drug-likeness (QED) is 0.823. The first kappa shape index (κ1) is 13.5. The highest BCUT2D eigenvalue weighted by Gasteiger charge is 2.14.